The lowest BCUT2D eigenvalue weighted by Crippen LogP contribution is -2.38. The molecule has 0 spiro atoms. The van der Waals surface area contributed by atoms with Crippen molar-refractivity contribution >= 4 is 27.9 Å². The molecule has 102 valence electrons. The molecule has 6 heteroatoms. The molecule has 0 radical (unpaired) electrons. The zero-order chi connectivity index (χ0) is 13.8. The van der Waals surface area contributed by atoms with Crippen molar-refractivity contribution in [1.82, 2.24) is 10.2 Å². The van der Waals surface area contributed by atoms with Gasteiger partial charge in [-0.3, -0.25) is 4.79 Å². The molecule has 0 unspecified atom stereocenters. The first-order chi connectivity index (χ1) is 9.10. The van der Waals surface area contributed by atoms with Crippen molar-refractivity contribution in [3.8, 4) is 0 Å². The molecule has 1 aromatic rings. The summed E-state index contributed by atoms with van der Waals surface area (Å²) in [6, 6.07) is 7.18. The van der Waals surface area contributed by atoms with E-state index in [4.69, 9.17) is 0 Å². The van der Waals surface area contributed by atoms with E-state index in [1.165, 1.54) is 7.11 Å². The lowest BCUT2D eigenvalue weighted by molar-refractivity contribution is 0.0934. The molecule has 1 aliphatic rings. The highest BCUT2D eigenvalue weighted by Crippen LogP contribution is 2.14. The van der Waals surface area contributed by atoms with Crippen LogP contribution in [0.15, 0.2) is 28.7 Å². The van der Waals surface area contributed by atoms with Crippen molar-refractivity contribution in [2.24, 2.45) is 0 Å². The second kappa shape index (κ2) is 6.06. The third-order valence-corrected chi connectivity index (χ3v) is 3.54. The molecule has 0 aromatic heterocycles. The van der Waals surface area contributed by atoms with Crippen LogP contribution >= 0.6 is 15.9 Å². The molecular formula is C13H15BrN2O3. The van der Waals surface area contributed by atoms with E-state index in [2.05, 4.69) is 26.0 Å². The largest absolute Gasteiger partial charge is 0.453 e. The van der Waals surface area contributed by atoms with E-state index in [0.29, 0.717) is 18.7 Å². The van der Waals surface area contributed by atoms with Crippen LogP contribution in [0.5, 0.6) is 0 Å². The van der Waals surface area contributed by atoms with Gasteiger partial charge in [-0.2, -0.15) is 0 Å². The summed E-state index contributed by atoms with van der Waals surface area (Å²) in [7, 11) is 1.36. The van der Waals surface area contributed by atoms with Gasteiger partial charge in [0.15, 0.2) is 0 Å². The Labute approximate surface area is 120 Å². The van der Waals surface area contributed by atoms with E-state index in [1.54, 1.807) is 17.0 Å². The molecule has 1 atom stereocenters. The molecule has 0 saturated carbocycles. The highest BCUT2D eigenvalue weighted by Gasteiger charge is 2.27. The van der Waals surface area contributed by atoms with Gasteiger partial charge in [0.2, 0.25) is 0 Å². The number of nitrogens with one attached hydrogen (secondary N) is 1. The van der Waals surface area contributed by atoms with Crippen LogP contribution < -0.4 is 5.32 Å². The van der Waals surface area contributed by atoms with Crippen molar-refractivity contribution in [3.63, 3.8) is 0 Å². The number of halogens is 1. The minimum absolute atomic E-state index is 0.0226. The third-order valence-electron chi connectivity index (χ3n) is 3.04. The lowest BCUT2D eigenvalue weighted by Gasteiger charge is -2.15. The smallest absolute Gasteiger partial charge is 0.409 e. The van der Waals surface area contributed by atoms with Gasteiger partial charge in [0.05, 0.1) is 7.11 Å². The molecule has 5 nitrogen and oxygen atoms in total. The van der Waals surface area contributed by atoms with Crippen LogP contribution in [-0.4, -0.2) is 43.1 Å². The maximum atomic E-state index is 12.0. The number of carbonyl (C=O) groups is 2. The molecule has 1 aromatic carbocycles. The van der Waals surface area contributed by atoms with Crippen molar-refractivity contribution in [2.75, 3.05) is 20.2 Å². The van der Waals surface area contributed by atoms with Crippen LogP contribution in [0.1, 0.15) is 16.8 Å². The van der Waals surface area contributed by atoms with Crippen LogP contribution in [-0.2, 0) is 4.74 Å². The van der Waals surface area contributed by atoms with Crippen LogP contribution in [0.4, 0.5) is 4.79 Å². The summed E-state index contributed by atoms with van der Waals surface area (Å²) in [5.74, 6) is -0.127. The van der Waals surface area contributed by atoms with E-state index >= 15 is 0 Å². The van der Waals surface area contributed by atoms with Crippen molar-refractivity contribution in [1.29, 1.82) is 0 Å². The standard InChI is InChI=1S/C13H15BrN2O3/c1-19-13(18)16-6-5-11(8-16)15-12(17)9-3-2-4-10(14)7-9/h2-4,7,11H,5-6,8H2,1H3,(H,15,17)/t11-/m0/s1. The Balaban J connectivity index is 1.92. The topological polar surface area (TPSA) is 58.6 Å². The Kier molecular flexibility index (Phi) is 4.42. The van der Waals surface area contributed by atoms with Gasteiger partial charge in [-0.1, -0.05) is 22.0 Å². The number of hydrogen-bond acceptors (Lipinski definition) is 3. The van der Waals surface area contributed by atoms with Gasteiger partial charge >= 0.3 is 6.09 Å². The van der Waals surface area contributed by atoms with Crippen molar-refractivity contribution < 1.29 is 14.3 Å². The quantitative estimate of drug-likeness (QED) is 0.904. The molecular weight excluding hydrogens is 312 g/mol. The fraction of sp³-hybridized carbons (Fsp3) is 0.385. The Morgan fingerprint density at radius 1 is 1.47 bits per heavy atom. The van der Waals surface area contributed by atoms with Crippen LogP contribution in [0.25, 0.3) is 0 Å². The molecule has 1 N–H and O–H groups in total. The number of ether oxygens (including phenoxy) is 1. The van der Waals surface area contributed by atoms with Crippen molar-refractivity contribution in [2.45, 2.75) is 12.5 Å². The number of nitrogens with zero attached hydrogens (tertiary/aromatic N) is 1. The number of hydrogen-bond donors (Lipinski definition) is 1. The van der Waals surface area contributed by atoms with Crippen molar-refractivity contribution in [3.05, 3.63) is 34.3 Å². The molecule has 2 rings (SSSR count). The summed E-state index contributed by atoms with van der Waals surface area (Å²) in [6.07, 6.45) is 0.397. The fourth-order valence-electron chi connectivity index (χ4n) is 2.07. The molecule has 1 aliphatic heterocycles. The summed E-state index contributed by atoms with van der Waals surface area (Å²) in [6.45, 7) is 1.10. The average molecular weight is 327 g/mol. The van der Waals surface area contributed by atoms with Gasteiger partial charge in [0, 0.05) is 29.2 Å². The minimum Gasteiger partial charge on any atom is -0.453 e. The number of rotatable bonds is 2. The first-order valence-electron chi connectivity index (χ1n) is 5.99. The third kappa shape index (κ3) is 3.47. The number of likely N-dealkylation sites (tertiary alicyclic amines) is 1. The van der Waals surface area contributed by atoms with E-state index in [1.807, 2.05) is 12.1 Å². The highest BCUT2D eigenvalue weighted by atomic mass is 79.9. The zero-order valence-corrected chi connectivity index (χ0v) is 12.1. The summed E-state index contributed by atoms with van der Waals surface area (Å²) in [5, 5.41) is 2.92. The maximum Gasteiger partial charge on any atom is 0.409 e. The molecule has 1 fully saturated rings. The van der Waals surface area contributed by atoms with Crippen LogP contribution in [0, 0.1) is 0 Å². The fourth-order valence-corrected chi connectivity index (χ4v) is 2.47. The second-order valence-corrected chi connectivity index (χ2v) is 5.30. The lowest BCUT2D eigenvalue weighted by atomic mass is 10.2. The SMILES string of the molecule is COC(=O)N1CC[C@H](NC(=O)c2cccc(Br)c2)C1. The number of carbonyl (C=O) groups excluding carboxylic acids is 2. The van der Waals surface area contributed by atoms with Gasteiger partial charge in [-0.05, 0) is 24.6 Å². The average Bonchev–Trinajstić information content (AvgIpc) is 2.86. The zero-order valence-electron chi connectivity index (χ0n) is 10.6. The van der Waals surface area contributed by atoms with Crippen LogP contribution in [0.2, 0.25) is 0 Å². The second-order valence-electron chi connectivity index (χ2n) is 4.39. The number of amides is 2. The predicted octanol–water partition coefficient (Wildman–Crippen LogP) is 2.02. The predicted molar refractivity (Wildman–Crippen MR) is 74.0 cm³/mol. The monoisotopic (exact) mass is 326 g/mol. The van der Waals surface area contributed by atoms with Gasteiger partial charge in [-0.15, -0.1) is 0 Å². The summed E-state index contributed by atoms with van der Waals surface area (Å²) < 4.78 is 5.52. The maximum absolute atomic E-state index is 12.0. The van der Waals surface area contributed by atoms with Gasteiger partial charge in [0.1, 0.15) is 0 Å². The van der Waals surface area contributed by atoms with Gasteiger partial charge < -0.3 is 15.0 Å². The molecule has 1 heterocycles. The molecule has 2 amide bonds. The van der Waals surface area contributed by atoms with Crippen LogP contribution in [0.3, 0.4) is 0 Å². The van der Waals surface area contributed by atoms with E-state index in [0.717, 1.165) is 10.9 Å². The molecule has 0 aliphatic carbocycles. The van der Waals surface area contributed by atoms with E-state index in [-0.39, 0.29) is 18.0 Å². The van der Waals surface area contributed by atoms with Gasteiger partial charge in [0.25, 0.3) is 5.91 Å². The first-order valence-corrected chi connectivity index (χ1v) is 6.79. The highest BCUT2D eigenvalue weighted by molar-refractivity contribution is 9.10. The Morgan fingerprint density at radius 2 is 2.26 bits per heavy atom. The summed E-state index contributed by atoms with van der Waals surface area (Å²) >= 11 is 3.33. The first kappa shape index (κ1) is 13.9. The van der Waals surface area contributed by atoms with E-state index in [9.17, 15) is 9.59 Å². The number of benzene rings is 1. The molecule has 1 saturated heterocycles. The summed E-state index contributed by atoms with van der Waals surface area (Å²) in [4.78, 5) is 25.0. The van der Waals surface area contributed by atoms with E-state index < -0.39 is 0 Å². The Bertz CT molecular complexity index is 493. The van der Waals surface area contributed by atoms with Gasteiger partial charge in [-0.25, -0.2) is 4.79 Å². The summed E-state index contributed by atoms with van der Waals surface area (Å²) in [5.41, 5.74) is 0.603. The molecule has 0 bridgehead atoms. The molecule has 19 heavy (non-hydrogen) atoms. The Morgan fingerprint density at radius 3 is 2.95 bits per heavy atom. The minimum atomic E-state index is -0.348. The Hall–Kier alpha value is -1.56. The number of methoxy groups -OCH3 is 1. The normalized spacial score (nSPS) is 18.2.